The summed E-state index contributed by atoms with van der Waals surface area (Å²) in [6, 6.07) is 4.92. The molecule has 0 spiro atoms. The molecule has 5 heteroatoms. The molecule has 0 aliphatic heterocycles. The Labute approximate surface area is 105 Å². The molecule has 0 aliphatic rings. The Hall–Kier alpha value is -1.55. The van der Waals surface area contributed by atoms with E-state index in [1.165, 1.54) is 0 Å². The number of benzene rings is 1. The number of ether oxygens (including phenoxy) is 1. The lowest BCUT2D eigenvalue weighted by atomic mass is 10.2. The van der Waals surface area contributed by atoms with Crippen LogP contribution in [0.5, 0.6) is 5.75 Å². The van der Waals surface area contributed by atoms with Crippen molar-refractivity contribution in [1.29, 1.82) is 0 Å². The van der Waals surface area contributed by atoms with Gasteiger partial charge in [0, 0.05) is 6.54 Å². The van der Waals surface area contributed by atoms with Gasteiger partial charge in [-0.15, -0.1) is 0 Å². The third-order valence-electron chi connectivity index (χ3n) is 2.07. The minimum atomic E-state index is -0.0905. The highest BCUT2D eigenvalue weighted by atomic mass is 35.5. The minimum absolute atomic E-state index is 0.0905. The van der Waals surface area contributed by atoms with Crippen molar-refractivity contribution in [3.05, 3.63) is 28.8 Å². The molecular weight excluding hydrogens is 242 g/mol. The lowest BCUT2D eigenvalue weighted by molar-refractivity contribution is -0.121. The molecule has 0 heterocycles. The number of nitrogens with one attached hydrogen (secondary N) is 1. The molecule has 1 aromatic rings. The number of hydrogen-bond donors (Lipinski definition) is 1. The van der Waals surface area contributed by atoms with Crippen molar-refractivity contribution in [3.8, 4) is 5.75 Å². The number of carbonyl (C=O) groups excluding carboxylic acids is 2. The number of halogens is 1. The first-order chi connectivity index (χ1) is 8.19. The molecule has 0 atom stereocenters. The summed E-state index contributed by atoms with van der Waals surface area (Å²) in [5, 5.41) is 3.02. The highest BCUT2D eigenvalue weighted by Crippen LogP contribution is 2.27. The van der Waals surface area contributed by atoms with Gasteiger partial charge >= 0.3 is 0 Å². The molecule has 92 valence electrons. The van der Waals surface area contributed by atoms with Crippen molar-refractivity contribution >= 4 is 23.8 Å². The maximum atomic E-state index is 11.2. The van der Waals surface area contributed by atoms with E-state index in [9.17, 15) is 9.59 Å². The van der Waals surface area contributed by atoms with Crippen LogP contribution in [-0.4, -0.2) is 25.3 Å². The highest BCUT2D eigenvalue weighted by molar-refractivity contribution is 6.32. The Kier molecular flexibility index (Phi) is 5.49. The van der Waals surface area contributed by atoms with E-state index in [0.717, 1.165) is 0 Å². The summed E-state index contributed by atoms with van der Waals surface area (Å²) >= 11 is 5.90. The van der Waals surface area contributed by atoms with Gasteiger partial charge in [-0.3, -0.25) is 9.59 Å². The minimum Gasteiger partial charge on any atom is -0.491 e. The molecule has 1 rings (SSSR count). The van der Waals surface area contributed by atoms with Crippen molar-refractivity contribution < 1.29 is 14.3 Å². The third kappa shape index (κ3) is 4.07. The highest BCUT2D eigenvalue weighted by Gasteiger charge is 2.08. The summed E-state index contributed by atoms with van der Waals surface area (Å²) in [6.45, 7) is 2.62. The molecule has 0 fully saturated rings. The van der Waals surface area contributed by atoms with Gasteiger partial charge in [0.05, 0.1) is 23.6 Å². The van der Waals surface area contributed by atoms with E-state index in [-0.39, 0.29) is 18.9 Å². The van der Waals surface area contributed by atoms with Gasteiger partial charge < -0.3 is 10.1 Å². The quantitative estimate of drug-likeness (QED) is 0.792. The van der Waals surface area contributed by atoms with Crippen LogP contribution in [-0.2, 0) is 4.79 Å². The van der Waals surface area contributed by atoms with Crippen LogP contribution >= 0.6 is 11.6 Å². The largest absolute Gasteiger partial charge is 0.491 e. The SMILES string of the molecule is CCNC(=O)CCOc1c(Cl)cccc1C=O. The Morgan fingerprint density at radius 2 is 2.29 bits per heavy atom. The Bertz CT molecular complexity index is 407. The fourth-order valence-electron chi connectivity index (χ4n) is 1.30. The zero-order chi connectivity index (χ0) is 12.7. The summed E-state index contributed by atoms with van der Waals surface area (Å²) in [6.07, 6.45) is 0.907. The van der Waals surface area contributed by atoms with Gasteiger partial charge in [-0.25, -0.2) is 0 Å². The van der Waals surface area contributed by atoms with E-state index in [4.69, 9.17) is 16.3 Å². The maximum Gasteiger partial charge on any atom is 0.223 e. The summed E-state index contributed by atoms with van der Waals surface area (Å²) < 4.78 is 5.35. The number of rotatable bonds is 6. The molecule has 0 aromatic heterocycles. The lowest BCUT2D eigenvalue weighted by Crippen LogP contribution is -2.24. The number of hydrogen-bond acceptors (Lipinski definition) is 3. The predicted molar refractivity (Wildman–Crippen MR) is 65.6 cm³/mol. The molecule has 1 N–H and O–H groups in total. The molecule has 0 saturated heterocycles. The Morgan fingerprint density at radius 3 is 2.94 bits per heavy atom. The molecule has 1 amide bonds. The smallest absolute Gasteiger partial charge is 0.223 e. The van der Waals surface area contributed by atoms with E-state index < -0.39 is 0 Å². The predicted octanol–water partition coefficient (Wildman–Crippen LogP) is 2.06. The van der Waals surface area contributed by atoms with Crippen LogP contribution in [0.3, 0.4) is 0 Å². The van der Waals surface area contributed by atoms with Crippen molar-refractivity contribution in [2.75, 3.05) is 13.2 Å². The van der Waals surface area contributed by atoms with Gasteiger partial charge in [-0.2, -0.15) is 0 Å². The number of carbonyl (C=O) groups is 2. The van der Waals surface area contributed by atoms with E-state index in [2.05, 4.69) is 5.32 Å². The van der Waals surface area contributed by atoms with Gasteiger partial charge in [0.25, 0.3) is 0 Å². The molecule has 17 heavy (non-hydrogen) atoms. The summed E-state index contributed by atoms with van der Waals surface area (Å²) in [5.41, 5.74) is 0.383. The average Bonchev–Trinajstić information content (AvgIpc) is 2.31. The second kappa shape index (κ2) is 6.91. The fourth-order valence-corrected chi connectivity index (χ4v) is 1.54. The number of para-hydroxylation sites is 1. The molecule has 1 aromatic carbocycles. The molecule has 0 bridgehead atoms. The van der Waals surface area contributed by atoms with Crippen LogP contribution in [0.25, 0.3) is 0 Å². The monoisotopic (exact) mass is 255 g/mol. The van der Waals surface area contributed by atoms with E-state index in [1.807, 2.05) is 6.92 Å². The molecule has 0 saturated carbocycles. The van der Waals surface area contributed by atoms with Crippen molar-refractivity contribution in [3.63, 3.8) is 0 Å². The molecule has 4 nitrogen and oxygen atoms in total. The second-order valence-electron chi connectivity index (χ2n) is 3.33. The molecule has 0 unspecified atom stereocenters. The van der Waals surface area contributed by atoms with Crippen LogP contribution < -0.4 is 10.1 Å². The second-order valence-corrected chi connectivity index (χ2v) is 3.74. The van der Waals surface area contributed by atoms with Crippen LogP contribution in [0.15, 0.2) is 18.2 Å². The lowest BCUT2D eigenvalue weighted by Gasteiger charge is -2.09. The maximum absolute atomic E-state index is 11.2. The molecular formula is C12H14ClNO3. The van der Waals surface area contributed by atoms with E-state index >= 15 is 0 Å². The standard InChI is InChI=1S/C12H14ClNO3/c1-2-14-11(16)6-7-17-12-9(8-15)4-3-5-10(12)13/h3-5,8H,2,6-7H2,1H3,(H,14,16). The van der Waals surface area contributed by atoms with Gasteiger partial charge in [-0.1, -0.05) is 17.7 Å². The van der Waals surface area contributed by atoms with Gasteiger partial charge in [-0.05, 0) is 19.1 Å². The Morgan fingerprint density at radius 1 is 1.53 bits per heavy atom. The summed E-state index contributed by atoms with van der Waals surface area (Å²) in [5.74, 6) is 0.237. The summed E-state index contributed by atoms with van der Waals surface area (Å²) in [4.78, 5) is 21.9. The first-order valence-electron chi connectivity index (χ1n) is 5.32. The van der Waals surface area contributed by atoms with Gasteiger partial charge in [0.2, 0.25) is 5.91 Å². The Balaban J connectivity index is 2.57. The average molecular weight is 256 g/mol. The van der Waals surface area contributed by atoms with Crippen LogP contribution in [0, 0.1) is 0 Å². The normalized spacial score (nSPS) is 9.76. The van der Waals surface area contributed by atoms with Crippen molar-refractivity contribution in [2.24, 2.45) is 0 Å². The summed E-state index contributed by atoms with van der Waals surface area (Å²) in [7, 11) is 0. The fraction of sp³-hybridized carbons (Fsp3) is 0.333. The zero-order valence-corrected chi connectivity index (χ0v) is 10.3. The third-order valence-corrected chi connectivity index (χ3v) is 2.37. The first-order valence-corrected chi connectivity index (χ1v) is 5.70. The molecule has 0 aliphatic carbocycles. The van der Waals surface area contributed by atoms with Crippen LogP contribution in [0.4, 0.5) is 0 Å². The zero-order valence-electron chi connectivity index (χ0n) is 9.53. The first kappa shape index (κ1) is 13.5. The van der Waals surface area contributed by atoms with Crippen LogP contribution in [0.2, 0.25) is 5.02 Å². The van der Waals surface area contributed by atoms with Crippen molar-refractivity contribution in [1.82, 2.24) is 5.32 Å². The number of aldehydes is 1. The van der Waals surface area contributed by atoms with Crippen molar-refractivity contribution in [2.45, 2.75) is 13.3 Å². The van der Waals surface area contributed by atoms with Gasteiger partial charge in [0.1, 0.15) is 5.75 Å². The number of amides is 1. The van der Waals surface area contributed by atoms with Gasteiger partial charge in [0.15, 0.2) is 6.29 Å². The molecule has 0 radical (unpaired) electrons. The van der Waals surface area contributed by atoms with E-state index in [1.54, 1.807) is 18.2 Å². The van der Waals surface area contributed by atoms with E-state index in [0.29, 0.717) is 29.2 Å². The topological polar surface area (TPSA) is 55.4 Å². The van der Waals surface area contributed by atoms with Crippen LogP contribution in [0.1, 0.15) is 23.7 Å².